The summed E-state index contributed by atoms with van der Waals surface area (Å²) in [6.07, 6.45) is 0. The first-order chi connectivity index (χ1) is 7.50. The summed E-state index contributed by atoms with van der Waals surface area (Å²) in [7, 11) is 3.84. The van der Waals surface area contributed by atoms with Gasteiger partial charge in [0, 0.05) is 18.7 Å². The maximum absolute atomic E-state index is 12.9. The lowest BCUT2D eigenvalue weighted by Gasteiger charge is -2.10. The number of nitrogens with two attached hydrogens (primary N) is 1. The predicted molar refractivity (Wildman–Crippen MR) is 61.7 cm³/mol. The number of carbonyl (C=O) groups is 1. The van der Waals surface area contributed by atoms with Crippen molar-refractivity contribution in [3.8, 4) is 0 Å². The zero-order valence-corrected chi connectivity index (χ0v) is 9.46. The highest BCUT2D eigenvalue weighted by Gasteiger charge is 2.07. The number of carbonyl (C=O) groups excluding carboxylic acids is 1. The number of nitrogens with zero attached hydrogens (tertiary/aromatic N) is 1. The maximum Gasteiger partial charge on any atom is 0.251 e. The highest BCUT2D eigenvalue weighted by Crippen LogP contribution is 2.11. The number of benzene rings is 1. The average molecular weight is 225 g/mol. The molecule has 0 aliphatic carbocycles. The Kier molecular flexibility index (Phi) is 4.25. The number of halogens is 1. The van der Waals surface area contributed by atoms with Gasteiger partial charge >= 0.3 is 0 Å². The second kappa shape index (κ2) is 5.46. The van der Waals surface area contributed by atoms with Crippen LogP contribution >= 0.6 is 0 Å². The lowest BCUT2D eigenvalue weighted by atomic mass is 10.2. The van der Waals surface area contributed by atoms with Gasteiger partial charge < -0.3 is 16.0 Å². The monoisotopic (exact) mass is 225 g/mol. The Labute approximate surface area is 94.2 Å². The number of nitrogen functional groups attached to an aromatic ring is 1. The minimum atomic E-state index is -0.509. The van der Waals surface area contributed by atoms with E-state index in [0.29, 0.717) is 12.1 Å². The lowest BCUT2D eigenvalue weighted by molar-refractivity contribution is 0.0951. The fraction of sp³-hybridized carbons (Fsp3) is 0.364. The number of nitrogens with one attached hydrogen (secondary N) is 1. The molecule has 0 unspecified atom stereocenters. The Morgan fingerprint density at radius 1 is 1.50 bits per heavy atom. The van der Waals surface area contributed by atoms with Crippen molar-refractivity contribution in [2.24, 2.45) is 0 Å². The van der Waals surface area contributed by atoms with E-state index in [9.17, 15) is 9.18 Å². The Morgan fingerprint density at radius 2 is 2.19 bits per heavy atom. The molecule has 1 amide bonds. The van der Waals surface area contributed by atoms with Crippen molar-refractivity contribution >= 4 is 11.6 Å². The van der Waals surface area contributed by atoms with Crippen LogP contribution in [-0.4, -0.2) is 38.0 Å². The van der Waals surface area contributed by atoms with E-state index in [1.54, 1.807) is 0 Å². The molecule has 1 rings (SSSR count). The zero-order valence-electron chi connectivity index (χ0n) is 9.46. The van der Waals surface area contributed by atoms with Gasteiger partial charge in [0.1, 0.15) is 5.82 Å². The van der Waals surface area contributed by atoms with Crippen molar-refractivity contribution in [2.45, 2.75) is 0 Å². The summed E-state index contributed by atoms with van der Waals surface area (Å²) in [4.78, 5) is 13.5. The smallest absolute Gasteiger partial charge is 0.251 e. The number of rotatable bonds is 4. The van der Waals surface area contributed by atoms with Crippen molar-refractivity contribution in [3.05, 3.63) is 29.6 Å². The minimum Gasteiger partial charge on any atom is -0.396 e. The molecule has 0 fully saturated rings. The maximum atomic E-state index is 12.9. The highest BCUT2D eigenvalue weighted by molar-refractivity contribution is 5.95. The number of likely N-dealkylation sites (N-methyl/N-ethyl adjacent to an activating group) is 1. The van der Waals surface area contributed by atoms with Crippen LogP contribution in [0.3, 0.4) is 0 Å². The van der Waals surface area contributed by atoms with Gasteiger partial charge in [0.25, 0.3) is 5.91 Å². The third kappa shape index (κ3) is 3.51. The van der Waals surface area contributed by atoms with Gasteiger partial charge in [-0.25, -0.2) is 4.39 Å². The first-order valence-electron chi connectivity index (χ1n) is 4.98. The van der Waals surface area contributed by atoms with Gasteiger partial charge in [-0.05, 0) is 32.3 Å². The molecular formula is C11H16FN3O. The van der Waals surface area contributed by atoms with E-state index in [1.807, 2.05) is 19.0 Å². The van der Waals surface area contributed by atoms with E-state index in [1.165, 1.54) is 18.2 Å². The lowest BCUT2D eigenvalue weighted by Crippen LogP contribution is -2.31. The van der Waals surface area contributed by atoms with Crippen LogP contribution in [0.15, 0.2) is 18.2 Å². The molecule has 0 aliphatic heterocycles. The number of hydrogen-bond donors (Lipinski definition) is 2. The predicted octanol–water partition coefficient (Wildman–Crippen LogP) is 0.699. The van der Waals surface area contributed by atoms with E-state index in [0.717, 1.165) is 6.54 Å². The quantitative estimate of drug-likeness (QED) is 0.742. The van der Waals surface area contributed by atoms with Crippen LogP contribution in [-0.2, 0) is 0 Å². The van der Waals surface area contributed by atoms with Gasteiger partial charge in [-0.1, -0.05) is 0 Å². The van der Waals surface area contributed by atoms with E-state index in [2.05, 4.69) is 5.32 Å². The summed E-state index contributed by atoms with van der Waals surface area (Å²) in [6.45, 7) is 1.30. The summed E-state index contributed by atoms with van der Waals surface area (Å²) in [5.41, 5.74) is 5.73. The van der Waals surface area contributed by atoms with Gasteiger partial charge in [-0.15, -0.1) is 0 Å². The van der Waals surface area contributed by atoms with Crippen molar-refractivity contribution in [3.63, 3.8) is 0 Å². The molecule has 0 heterocycles. The Balaban J connectivity index is 2.56. The molecule has 1 aromatic rings. The molecule has 1 aromatic carbocycles. The number of amides is 1. The highest BCUT2D eigenvalue weighted by atomic mass is 19.1. The van der Waals surface area contributed by atoms with Crippen LogP contribution in [0.4, 0.5) is 10.1 Å². The summed E-state index contributed by atoms with van der Waals surface area (Å²) in [6, 6.07) is 3.94. The molecule has 0 radical (unpaired) electrons. The minimum absolute atomic E-state index is 0.0136. The van der Waals surface area contributed by atoms with Gasteiger partial charge in [0.05, 0.1) is 5.69 Å². The fourth-order valence-corrected chi connectivity index (χ4v) is 1.18. The molecule has 0 atom stereocenters. The van der Waals surface area contributed by atoms with Crippen LogP contribution in [0.1, 0.15) is 10.4 Å². The summed E-state index contributed by atoms with van der Waals surface area (Å²) in [5.74, 6) is -0.751. The fourth-order valence-electron chi connectivity index (χ4n) is 1.18. The van der Waals surface area contributed by atoms with Crippen molar-refractivity contribution < 1.29 is 9.18 Å². The molecule has 88 valence electrons. The Bertz CT molecular complexity index is 379. The van der Waals surface area contributed by atoms with Crippen LogP contribution in [0.2, 0.25) is 0 Å². The van der Waals surface area contributed by atoms with Crippen LogP contribution in [0, 0.1) is 5.82 Å². The molecule has 0 bridgehead atoms. The van der Waals surface area contributed by atoms with E-state index < -0.39 is 5.82 Å². The third-order valence-corrected chi connectivity index (χ3v) is 2.10. The molecule has 0 aromatic heterocycles. The Morgan fingerprint density at radius 3 is 2.75 bits per heavy atom. The normalized spacial score (nSPS) is 10.5. The van der Waals surface area contributed by atoms with Gasteiger partial charge in [0.2, 0.25) is 0 Å². The molecule has 16 heavy (non-hydrogen) atoms. The molecular weight excluding hydrogens is 209 g/mol. The number of hydrogen-bond acceptors (Lipinski definition) is 3. The summed E-state index contributed by atoms with van der Waals surface area (Å²) < 4.78 is 12.9. The first-order valence-corrected chi connectivity index (χ1v) is 4.98. The van der Waals surface area contributed by atoms with Crippen molar-refractivity contribution in [1.29, 1.82) is 0 Å². The van der Waals surface area contributed by atoms with Crippen LogP contribution in [0.25, 0.3) is 0 Å². The first kappa shape index (κ1) is 12.4. The van der Waals surface area contributed by atoms with Crippen molar-refractivity contribution in [2.75, 3.05) is 32.9 Å². The van der Waals surface area contributed by atoms with E-state index >= 15 is 0 Å². The zero-order chi connectivity index (χ0) is 12.1. The SMILES string of the molecule is CN(C)CCNC(=O)c1ccc(F)c(N)c1. The molecule has 4 nitrogen and oxygen atoms in total. The van der Waals surface area contributed by atoms with Crippen LogP contribution < -0.4 is 11.1 Å². The molecule has 0 saturated heterocycles. The average Bonchev–Trinajstić information content (AvgIpc) is 2.21. The summed E-state index contributed by atoms with van der Waals surface area (Å²) in [5, 5.41) is 2.72. The van der Waals surface area contributed by atoms with Crippen LogP contribution in [0.5, 0.6) is 0 Å². The topological polar surface area (TPSA) is 58.4 Å². The molecule has 0 saturated carbocycles. The van der Waals surface area contributed by atoms with Crippen molar-refractivity contribution in [1.82, 2.24) is 10.2 Å². The van der Waals surface area contributed by atoms with E-state index in [4.69, 9.17) is 5.73 Å². The standard InChI is InChI=1S/C11H16FN3O/c1-15(2)6-5-14-11(16)8-3-4-9(12)10(13)7-8/h3-4,7H,5-6,13H2,1-2H3,(H,14,16). The van der Waals surface area contributed by atoms with Gasteiger partial charge in [-0.2, -0.15) is 0 Å². The number of anilines is 1. The second-order valence-corrected chi connectivity index (χ2v) is 3.80. The molecule has 0 spiro atoms. The second-order valence-electron chi connectivity index (χ2n) is 3.80. The summed E-state index contributed by atoms with van der Waals surface area (Å²) >= 11 is 0. The third-order valence-electron chi connectivity index (χ3n) is 2.10. The molecule has 0 aliphatic rings. The Hall–Kier alpha value is -1.62. The van der Waals surface area contributed by atoms with E-state index in [-0.39, 0.29) is 11.6 Å². The van der Waals surface area contributed by atoms with Gasteiger partial charge in [-0.3, -0.25) is 4.79 Å². The molecule has 5 heteroatoms. The molecule has 3 N–H and O–H groups in total. The van der Waals surface area contributed by atoms with Gasteiger partial charge in [0.15, 0.2) is 0 Å². The largest absolute Gasteiger partial charge is 0.396 e.